The highest BCUT2D eigenvalue weighted by Gasteiger charge is 2.16. The van der Waals surface area contributed by atoms with E-state index in [0.717, 1.165) is 25.7 Å². The van der Waals surface area contributed by atoms with Gasteiger partial charge in [-0.25, -0.2) is 9.78 Å². The molecule has 0 bridgehead atoms. The van der Waals surface area contributed by atoms with Gasteiger partial charge in [-0.05, 0) is 49.1 Å². The monoisotopic (exact) mass is 468 g/mol. The SMILES string of the molecule is O=C(O)c1cnc(NCCCCCc2ccccc2)nc1Nc1ccccc1Oc1ccccc1. The highest BCUT2D eigenvalue weighted by molar-refractivity contribution is 5.94. The van der Waals surface area contributed by atoms with Crippen molar-refractivity contribution >= 4 is 23.4 Å². The minimum atomic E-state index is -1.11. The van der Waals surface area contributed by atoms with Crippen LogP contribution in [-0.2, 0) is 6.42 Å². The lowest BCUT2D eigenvalue weighted by Gasteiger charge is -2.14. The Bertz CT molecular complexity index is 1230. The first-order chi connectivity index (χ1) is 17.2. The average Bonchev–Trinajstić information content (AvgIpc) is 2.88. The molecule has 0 radical (unpaired) electrons. The average molecular weight is 469 g/mol. The summed E-state index contributed by atoms with van der Waals surface area (Å²) in [5.74, 6) is 0.700. The Balaban J connectivity index is 1.38. The van der Waals surface area contributed by atoms with Crippen LogP contribution in [0.3, 0.4) is 0 Å². The number of nitrogens with one attached hydrogen (secondary N) is 2. The zero-order valence-corrected chi connectivity index (χ0v) is 19.4. The number of ether oxygens (including phenoxy) is 1. The summed E-state index contributed by atoms with van der Waals surface area (Å²) in [6.45, 7) is 0.703. The molecule has 7 heteroatoms. The molecule has 1 heterocycles. The van der Waals surface area contributed by atoms with E-state index in [4.69, 9.17) is 4.74 Å². The van der Waals surface area contributed by atoms with Crippen LogP contribution < -0.4 is 15.4 Å². The van der Waals surface area contributed by atoms with Gasteiger partial charge in [0.05, 0.1) is 5.69 Å². The van der Waals surface area contributed by atoms with Crippen LogP contribution in [-0.4, -0.2) is 27.6 Å². The first-order valence-corrected chi connectivity index (χ1v) is 11.7. The zero-order chi connectivity index (χ0) is 24.3. The molecule has 4 rings (SSSR count). The Morgan fingerprint density at radius 2 is 1.57 bits per heavy atom. The predicted molar refractivity (Wildman–Crippen MR) is 138 cm³/mol. The van der Waals surface area contributed by atoms with Gasteiger partial charge in [0.25, 0.3) is 0 Å². The van der Waals surface area contributed by atoms with Gasteiger partial charge in [0.1, 0.15) is 11.3 Å². The molecule has 0 aliphatic heterocycles. The lowest BCUT2D eigenvalue weighted by atomic mass is 10.1. The van der Waals surface area contributed by atoms with Crippen LogP contribution in [0, 0.1) is 0 Å². The van der Waals surface area contributed by atoms with E-state index in [0.29, 0.717) is 29.7 Å². The number of carbonyl (C=O) groups is 1. The van der Waals surface area contributed by atoms with Crippen LogP contribution in [0.1, 0.15) is 35.2 Å². The summed E-state index contributed by atoms with van der Waals surface area (Å²) in [6, 6.07) is 27.2. The number of hydrogen-bond acceptors (Lipinski definition) is 6. The van der Waals surface area contributed by atoms with Crippen LogP contribution in [0.4, 0.5) is 17.5 Å². The number of unbranched alkanes of at least 4 members (excludes halogenated alkanes) is 2. The van der Waals surface area contributed by atoms with E-state index in [9.17, 15) is 9.90 Å². The summed E-state index contributed by atoms with van der Waals surface area (Å²) < 4.78 is 5.98. The number of nitrogens with zero attached hydrogens (tertiary/aromatic N) is 2. The number of para-hydroxylation sites is 3. The first-order valence-electron chi connectivity index (χ1n) is 11.7. The van der Waals surface area contributed by atoms with Crippen molar-refractivity contribution in [2.24, 2.45) is 0 Å². The molecule has 3 aromatic carbocycles. The standard InChI is InChI=1S/C28H28N4O3/c33-27(34)23-20-30-28(29-19-11-3-6-14-21-12-4-1-5-13-21)32-26(23)31-24-17-9-10-18-25(24)35-22-15-7-2-8-16-22/h1-2,4-5,7-10,12-13,15-18,20H,3,6,11,14,19H2,(H,33,34)(H2,29,30,31,32). The maximum absolute atomic E-state index is 11.8. The maximum atomic E-state index is 11.8. The van der Waals surface area contributed by atoms with Crippen LogP contribution in [0.25, 0.3) is 0 Å². The summed E-state index contributed by atoms with van der Waals surface area (Å²) in [4.78, 5) is 20.4. The largest absolute Gasteiger partial charge is 0.477 e. The Kier molecular flexibility index (Phi) is 8.27. The van der Waals surface area contributed by atoms with Gasteiger partial charge in [0.15, 0.2) is 11.6 Å². The molecular formula is C28H28N4O3. The number of aromatic nitrogens is 2. The third-order valence-corrected chi connectivity index (χ3v) is 5.40. The fraction of sp³-hybridized carbons (Fsp3) is 0.179. The molecule has 1 aromatic heterocycles. The number of aromatic carboxylic acids is 1. The zero-order valence-electron chi connectivity index (χ0n) is 19.4. The number of carboxylic acids is 1. The lowest BCUT2D eigenvalue weighted by molar-refractivity contribution is 0.0697. The molecule has 0 amide bonds. The van der Waals surface area contributed by atoms with Crippen molar-refractivity contribution in [1.82, 2.24) is 9.97 Å². The second-order valence-electron chi connectivity index (χ2n) is 8.02. The maximum Gasteiger partial charge on any atom is 0.341 e. The molecule has 0 spiro atoms. The lowest BCUT2D eigenvalue weighted by Crippen LogP contribution is -2.11. The quantitative estimate of drug-likeness (QED) is 0.203. The molecule has 0 unspecified atom stereocenters. The van der Waals surface area contributed by atoms with Crippen molar-refractivity contribution in [3.05, 3.63) is 102 Å². The Morgan fingerprint density at radius 3 is 2.34 bits per heavy atom. The Hall–Kier alpha value is -4.39. The summed E-state index contributed by atoms with van der Waals surface area (Å²) in [6.07, 6.45) is 5.52. The van der Waals surface area contributed by atoms with Gasteiger partial charge in [0, 0.05) is 12.7 Å². The molecule has 0 aliphatic carbocycles. The summed E-state index contributed by atoms with van der Waals surface area (Å²) >= 11 is 0. The Labute approximate surface area is 204 Å². The number of benzene rings is 3. The molecule has 3 N–H and O–H groups in total. The van der Waals surface area contributed by atoms with E-state index < -0.39 is 5.97 Å². The van der Waals surface area contributed by atoms with Gasteiger partial charge >= 0.3 is 5.97 Å². The minimum Gasteiger partial charge on any atom is -0.477 e. The van der Waals surface area contributed by atoms with Crippen molar-refractivity contribution in [3.8, 4) is 11.5 Å². The topological polar surface area (TPSA) is 96.4 Å². The summed E-state index contributed by atoms with van der Waals surface area (Å²) in [5.41, 5.74) is 1.93. The summed E-state index contributed by atoms with van der Waals surface area (Å²) in [5, 5.41) is 16.0. The van der Waals surface area contributed by atoms with Gasteiger partial charge in [0.2, 0.25) is 5.95 Å². The number of carboxylic acid groups (broad SMARTS) is 1. The fourth-order valence-electron chi connectivity index (χ4n) is 3.60. The van der Waals surface area contributed by atoms with Crippen molar-refractivity contribution < 1.29 is 14.6 Å². The van der Waals surface area contributed by atoms with Gasteiger partial charge in [-0.1, -0.05) is 67.1 Å². The van der Waals surface area contributed by atoms with Crippen molar-refractivity contribution in [2.75, 3.05) is 17.2 Å². The van der Waals surface area contributed by atoms with E-state index in [1.54, 1.807) is 0 Å². The number of anilines is 3. The van der Waals surface area contributed by atoms with Gasteiger partial charge in [-0.2, -0.15) is 4.98 Å². The summed E-state index contributed by atoms with van der Waals surface area (Å²) in [7, 11) is 0. The number of aryl methyl sites for hydroxylation is 1. The first kappa shape index (κ1) is 23.8. The van der Waals surface area contributed by atoms with Gasteiger partial charge in [-0.15, -0.1) is 0 Å². The molecule has 178 valence electrons. The predicted octanol–water partition coefficient (Wildman–Crippen LogP) is 6.54. The highest BCUT2D eigenvalue weighted by atomic mass is 16.5. The third kappa shape index (κ3) is 7.04. The van der Waals surface area contributed by atoms with E-state index in [-0.39, 0.29) is 11.4 Å². The second-order valence-corrected chi connectivity index (χ2v) is 8.02. The number of hydrogen-bond donors (Lipinski definition) is 3. The van der Waals surface area contributed by atoms with Crippen molar-refractivity contribution in [1.29, 1.82) is 0 Å². The van der Waals surface area contributed by atoms with Crippen LogP contribution in [0.2, 0.25) is 0 Å². The normalized spacial score (nSPS) is 10.5. The molecule has 0 fully saturated rings. The smallest absolute Gasteiger partial charge is 0.341 e. The van der Waals surface area contributed by atoms with Gasteiger partial charge < -0.3 is 20.5 Å². The van der Waals surface area contributed by atoms with Gasteiger partial charge in [-0.3, -0.25) is 0 Å². The molecule has 0 saturated heterocycles. The minimum absolute atomic E-state index is 0.0204. The van der Waals surface area contributed by atoms with E-state index >= 15 is 0 Å². The van der Waals surface area contributed by atoms with Crippen molar-refractivity contribution in [2.45, 2.75) is 25.7 Å². The van der Waals surface area contributed by atoms with Crippen molar-refractivity contribution in [3.63, 3.8) is 0 Å². The second kappa shape index (κ2) is 12.2. The molecule has 35 heavy (non-hydrogen) atoms. The van der Waals surface area contributed by atoms with Crippen LogP contribution in [0.15, 0.2) is 91.1 Å². The van der Waals surface area contributed by atoms with E-state index in [1.807, 2.05) is 60.7 Å². The van der Waals surface area contributed by atoms with E-state index in [2.05, 4.69) is 44.9 Å². The molecule has 0 aliphatic rings. The molecule has 0 atom stereocenters. The third-order valence-electron chi connectivity index (χ3n) is 5.40. The Morgan fingerprint density at radius 1 is 0.857 bits per heavy atom. The molecule has 4 aromatic rings. The van der Waals surface area contributed by atoms with E-state index in [1.165, 1.54) is 11.8 Å². The molecular weight excluding hydrogens is 440 g/mol. The molecule has 0 saturated carbocycles. The van der Waals surface area contributed by atoms with Crippen LogP contribution in [0.5, 0.6) is 11.5 Å². The molecule has 7 nitrogen and oxygen atoms in total. The fourth-order valence-corrected chi connectivity index (χ4v) is 3.60. The highest BCUT2D eigenvalue weighted by Crippen LogP contribution is 2.32. The van der Waals surface area contributed by atoms with Crippen LogP contribution >= 0.6 is 0 Å². The number of rotatable bonds is 12.